The van der Waals surface area contributed by atoms with Gasteiger partial charge in [0.25, 0.3) is 0 Å². The maximum atomic E-state index is 13.0. The van der Waals surface area contributed by atoms with Crippen LogP contribution in [0.25, 0.3) is 0 Å². The first-order valence-corrected chi connectivity index (χ1v) is 6.66. The highest BCUT2D eigenvalue weighted by Crippen LogP contribution is 2.12. The minimum absolute atomic E-state index is 0.148. The second-order valence-corrected chi connectivity index (χ2v) is 5.03. The lowest BCUT2D eigenvalue weighted by molar-refractivity contribution is 0.123. The van der Waals surface area contributed by atoms with E-state index in [4.69, 9.17) is 4.74 Å². The van der Waals surface area contributed by atoms with E-state index in [1.165, 1.54) is 6.07 Å². The molecular weight excluding hydrogens is 229 g/mol. The van der Waals surface area contributed by atoms with Crippen LogP contribution in [-0.2, 0) is 4.74 Å². The van der Waals surface area contributed by atoms with Crippen LogP contribution < -0.4 is 5.32 Å². The van der Waals surface area contributed by atoms with E-state index in [0.29, 0.717) is 12.5 Å². The van der Waals surface area contributed by atoms with E-state index in [1.807, 2.05) is 13.0 Å². The third kappa shape index (κ3) is 6.12. The average molecular weight is 253 g/mol. The Labute approximate surface area is 110 Å². The average Bonchev–Trinajstić information content (AvgIpc) is 2.33. The summed E-state index contributed by atoms with van der Waals surface area (Å²) < 4.78 is 18.6. The predicted octanol–water partition coefficient (Wildman–Crippen LogP) is 3.54. The van der Waals surface area contributed by atoms with E-state index in [-0.39, 0.29) is 11.9 Å². The molecule has 1 rings (SSSR count). The lowest BCUT2D eigenvalue weighted by Crippen LogP contribution is -2.23. The van der Waals surface area contributed by atoms with E-state index in [0.717, 1.165) is 25.1 Å². The van der Waals surface area contributed by atoms with Gasteiger partial charge in [0.05, 0.1) is 6.61 Å². The zero-order valence-corrected chi connectivity index (χ0v) is 11.6. The minimum Gasteiger partial charge on any atom is -0.380 e. The van der Waals surface area contributed by atoms with Gasteiger partial charge < -0.3 is 10.1 Å². The highest BCUT2D eigenvalue weighted by Gasteiger charge is 2.04. The van der Waals surface area contributed by atoms with Crippen LogP contribution >= 0.6 is 0 Å². The number of rotatable bonds is 8. The fourth-order valence-electron chi connectivity index (χ4n) is 1.66. The van der Waals surface area contributed by atoms with Crippen molar-refractivity contribution in [3.63, 3.8) is 0 Å². The summed E-state index contributed by atoms with van der Waals surface area (Å²) in [5.41, 5.74) is 0.970. The van der Waals surface area contributed by atoms with Gasteiger partial charge in [-0.3, -0.25) is 0 Å². The molecule has 18 heavy (non-hydrogen) atoms. The first kappa shape index (κ1) is 15.1. The lowest BCUT2D eigenvalue weighted by atomic mass is 10.1. The first-order chi connectivity index (χ1) is 8.59. The smallest absolute Gasteiger partial charge is 0.123 e. The normalized spacial score (nSPS) is 12.9. The molecule has 1 unspecified atom stereocenters. The van der Waals surface area contributed by atoms with Crippen molar-refractivity contribution in [2.45, 2.75) is 33.2 Å². The zero-order chi connectivity index (χ0) is 13.4. The quantitative estimate of drug-likeness (QED) is 0.715. The number of nitrogens with one attached hydrogen (secondary N) is 1. The van der Waals surface area contributed by atoms with Crippen molar-refractivity contribution >= 4 is 0 Å². The molecule has 3 heteroatoms. The second-order valence-electron chi connectivity index (χ2n) is 5.03. The molecule has 0 aliphatic heterocycles. The lowest BCUT2D eigenvalue weighted by Gasteiger charge is -2.14. The number of halogens is 1. The van der Waals surface area contributed by atoms with Crippen molar-refractivity contribution in [2.24, 2.45) is 5.92 Å². The van der Waals surface area contributed by atoms with E-state index in [9.17, 15) is 4.39 Å². The van der Waals surface area contributed by atoms with Crippen molar-refractivity contribution in [1.29, 1.82) is 0 Å². The van der Waals surface area contributed by atoms with E-state index in [2.05, 4.69) is 19.2 Å². The molecule has 1 aromatic rings. The molecule has 0 heterocycles. The molecule has 1 atom stereocenters. The van der Waals surface area contributed by atoms with Crippen LogP contribution in [0.4, 0.5) is 4.39 Å². The molecule has 2 nitrogen and oxygen atoms in total. The Morgan fingerprint density at radius 1 is 1.22 bits per heavy atom. The third-order valence-electron chi connectivity index (χ3n) is 2.89. The summed E-state index contributed by atoms with van der Waals surface area (Å²) >= 11 is 0. The van der Waals surface area contributed by atoms with Gasteiger partial charge in [-0.2, -0.15) is 0 Å². The molecule has 0 saturated carbocycles. The van der Waals surface area contributed by atoms with Crippen LogP contribution in [0.1, 0.15) is 38.8 Å². The van der Waals surface area contributed by atoms with Crippen molar-refractivity contribution in [3.8, 4) is 0 Å². The summed E-state index contributed by atoms with van der Waals surface area (Å²) in [6, 6.07) is 6.85. The molecule has 0 aliphatic carbocycles. The maximum absolute atomic E-state index is 13.0. The van der Waals surface area contributed by atoms with Crippen LogP contribution in [0, 0.1) is 11.7 Å². The van der Waals surface area contributed by atoms with Gasteiger partial charge in [0, 0.05) is 19.2 Å². The van der Waals surface area contributed by atoms with Gasteiger partial charge in [-0.15, -0.1) is 0 Å². The van der Waals surface area contributed by atoms with E-state index < -0.39 is 0 Å². The Morgan fingerprint density at radius 2 is 2.00 bits per heavy atom. The predicted molar refractivity (Wildman–Crippen MR) is 73.1 cm³/mol. The first-order valence-electron chi connectivity index (χ1n) is 6.66. The van der Waals surface area contributed by atoms with E-state index >= 15 is 0 Å². The summed E-state index contributed by atoms with van der Waals surface area (Å²) in [5, 5.41) is 3.32. The molecule has 0 spiro atoms. The van der Waals surface area contributed by atoms with Crippen molar-refractivity contribution in [1.82, 2.24) is 5.32 Å². The van der Waals surface area contributed by atoms with Gasteiger partial charge >= 0.3 is 0 Å². The summed E-state index contributed by atoms with van der Waals surface area (Å²) in [7, 11) is 0. The molecule has 0 aliphatic rings. The summed E-state index contributed by atoms with van der Waals surface area (Å²) in [4.78, 5) is 0. The molecule has 102 valence electrons. The molecule has 0 fully saturated rings. The summed E-state index contributed by atoms with van der Waals surface area (Å²) in [6.07, 6.45) is 1.10. The van der Waals surface area contributed by atoms with Crippen LogP contribution in [0.15, 0.2) is 24.3 Å². The standard InChI is InChI=1S/C15H24FNO/c1-12(2)7-9-18-10-8-17-13(3)14-5-4-6-15(16)11-14/h4-6,11-13,17H,7-10H2,1-3H3. The summed E-state index contributed by atoms with van der Waals surface area (Å²) in [6.45, 7) is 8.71. The van der Waals surface area contributed by atoms with Crippen molar-refractivity contribution in [2.75, 3.05) is 19.8 Å². The Balaban J connectivity index is 2.15. The molecule has 0 aromatic heterocycles. The molecule has 1 N–H and O–H groups in total. The highest BCUT2D eigenvalue weighted by atomic mass is 19.1. The molecule has 0 bridgehead atoms. The highest BCUT2D eigenvalue weighted by molar-refractivity contribution is 5.19. The van der Waals surface area contributed by atoms with Crippen LogP contribution in [0.5, 0.6) is 0 Å². The number of hydrogen-bond acceptors (Lipinski definition) is 2. The number of hydrogen-bond donors (Lipinski definition) is 1. The Bertz CT molecular complexity index is 341. The molecule has 0 radical (unpaired) electrons. The Morgan fingerprint density at radius 3 is 2.67 bits per heavy atom. The SMILES string of the molecule is CC(C)CCOCCNC(C)c1cccc(F)c1. The van der Waals surface area contributed by atoms with Crippen molar-refractivity contribution < 1.29 is 9.13 Å². The molecule has 0 saturated heterocycles. The second kappa shape index (κ2) is 8.22. The summed E-state index contributed by atoms with van der Waals surface area (Å²) in [5.74, 6) is 0.499. The van der Waals surface area contributed by atoms with Crippen molar-refractivity contribution in [3.05, 3.63) is 35.6 Å². The number of ether oxygens (including phenoxy) is 1. The fraction of sp³-hybridized carbons (Fsp3) is 0.600. The minimum atomic E-state index is -0.186. The molecule has 0 amide bonds. The fourth-order valence-corrected chi connectivity index (χ4v) is 1.66. The van der Waals surface area contributed by atoms with E-state index in [1.54, 1.807) is 12.1 Å². The van der Waals surface area contributed by atoms with Crippen LogP contribution in [-0.4, -0.2) is 19.8 Å². The van der Waals surface area contributed by atoms with Gasteiger partial charge in [-0.05, 0) is 37.0 Å². The van der Waals surface area contributed by atoms with Crippen LogP contribution in [0.2, 0.25) is 0 Å². The van der Waals surface area contributed by atoms with Gasteiger partial charge in [0.15, 0.2) is 0 Å². The Hall–Kier alpha value is -0.930. The molecular formula is C15H24FNO. The van der Waals surface area contributed by atoms with Crippen LogP contribution in [0.3, 0.4) is 0 Å². The monoisotopic (exact) mass is 253 g/mol. The van der Waals surface area contributed by atoms with Gasteiger partial charge in [-0.25, -0.2) is 4.39 Å². The van der Waals surface area contributed by atoms with Gasteiger partial charge in [0.2, 0.25) is 0 Å². The maximum Gasteiger partial charge on any atom is 0.123 e. The zero-order valence-electron chi connectivity index (χ0n) is 11.6. The van der Waals surface area contributed by atoms with Gasteiger partial charge in [0.1, 0.15) is 5.82 Å². The molecule has 1 aromatic carbocycles. The third-order valence-corrected chi connectivity index (χ3v) is 2.89. The topological polar surface area (TPSA) is 21.3 Å². The largest absolute Gasteiger partial charge is 0.380 e. The Kier molecular flexibility index (Phi) is 6.91. The number of benzene rings is 1. The van der Waals surface area contributed by atoms with Gasteiger partial charge in [-0.1, -0.05) is 26.0 Å².